The molecule has 0 aliphatic carbocycles. The van der Waals surface area contributed by atoms with Crippen molar-refractivity contribution in [3.05, 3.63) is 34.4 Å². The van der Waals surface area contributed by atoms with Crippen molar-refractivity contribution in [1.29, 1.82) is 0 Å². The Balaban J connectivity index is 2.02. The average molecular weight is 343 g/mol. The third-order valence-electron chi connectivity index (χ3n) is 2.68. The van der Waals surface area contributed by atoms with Crippen LogP contribution in [0.25, 0.3) is 11.5 Å². The summed E-state index contributed by atoms with van der Waals surface area (Å²) in [5, 5.41) is 16.3. The number of aliphatic carboxylic acids is 1. The maximum atomic E-state index is 13.4. The lowest BCUT2D eigenvalue weighted by Gasteiger charge is -1.99. The number of carboxylic acids is 1. The zero-order chi connectivity index (χ0) is 14.5. The Morgan fingerprint density at radius 2 is 2.15 bits per heavy atom. The number of benzene rings is 1. The van der Waals surface area contributed by atoms with E-state index < -0.39 is 11.8 Å². The molecule has 1 heterocycles. The maximum absolute atomic E-state index is 13.4. The van der Waals surface area contributed by atoms with Gasteiger partial charge in [-0.15, -0.1) is 10.2 Å². The number of unbranched alkanes of at least 4 members (excludes halogenated alkanes) is 1. The number of hydrogen-bond acceptors (Lipinski definition) is 4. The molecule has 0 unspecified atom stereocenters. The fourth-order valence-electron chi connectivity index (χ4n) is 1.68. The van der Waals surface area contributed by atoms with Crippen molar-refractivity contribution in [3.63, 3.8) is 0 Å². The lowest BCUT2D eigenvalue weighted by atomic mass is 10.2. The van der Waals surface area contributed by atoms with Crippen LogP contribution in [0.1, 0.15) is 25.2 Å². The van der Waals surface area contributed by atoms with E-state index in [-0.39, 0.29) is 16.8 Å². The fraction of sp³-hybridized carbons (Fsp3) is 0.308. The second-order valence-corrected chi connectivity index (χ2v) is 5.00. The molecule has 0 spiro atoms. The molecule has 1 aromatic carbocycles. The van der Waals surface area contributed by atoms with E-state index in [1.54, 1.807) is 12.1 Å². The number of aryl methyl sites for hydroxylation is 1. The summed E-state index contributed by atoms with van der Waals surface area (Å²) in [5.41, 5.74) is 0.495. The number of hydrogen-bond donors (Lipinski definition) is 1. The molecule has 2 aromatic rings. The lowest BCUT2D eigenvalue weighted by Crippen LogP contribution is -1.95. The van der Waals surface area contributed by atoms with Crippen molar-refractivity contribution in [1.82, 2.24) is 10.2 Å². The number of carbonyl (C=O) groups is 1. The first-order valence-electron chi connectivity index (χ1n) is 6.06. The monoisotopic (exact) mass is 342 g/mol. The zero-order valence-corrected chi connectivity index (χ0v) is 12.1. The number of aromatic nitrogens is 2. The van der Waals surface area contributed by atoms with Crippen LogP contribution in [0.2, 0.25) is 0 Å². The minimum Gasteiger partial charge on any atom is -0.481 e. The van der Waals surface area contributed by atoms with Gasteiger partial charge in [-0.1, -0.05) is 6.07 Å². The van der Waals surface area contributed by atoms with E-state index in [9.17, 15) is 9.18 Å². The van der Waals surface area contributed by atoms with Gasteiger partial charge in [0, 0.05) is 12.8 Å². The standard InChI is InChI=1S/C13H12BrFN2O3/c14-12-8(4-3-5-9(12)15)13-17-16-10(20-13)6-1-2-7-11(18)19/h3-5H,1-2,6-7H2,(H,18,19). The van der Waals surface area contributed by atoms with Crippen molar-refractivity contribution in [2.24, 2.45) is 0 Å². The molecule has 0 radical (unpaired) electrons. The van der Waals surface area contributed by atoms with Gasteiger partial charge in [-0.05, 0) is 40.9 Å². The first kappa shape index (κ1) is 14.6. The van der Waals surface area contributed by atoms with Crippen molar-refractivity contribution in [2.45, 2.75) is 25.7 Å². The Bertz CT molecular complexity index is 615. The van der Waals surface area contributed by atoms with Gasteiger partial charge in [0.05, 0.1) is 10.0 Å². The van der Waals surface area contributed by atoms with Crippen LogP contribution in [0.4, 0.5) is 4.39 Å². The second-order valence-electron chi connectivity index (χ2n) is 4.20. The van der Waals surface area contributed by atoms with Crippen LogP contribution in [0.3, 0.4) is 0 Å². The third kappa shape index (κ3) is 3.63. The van der Waals surface area contributed by atoms with E-state index in [0.29, 0.717) is 30.7 Å². The molecule has 5 nitrogen and oxygen atoms in total. The minimum absolute atomic E-state index is 0.121. The number of nitrogens with zero attached hydrogens (tertiary/aromatic N) is 2. The molecular formula is C13H12BrFN2O3. The summed E-state index contributed by atoms with van der Waals surface area (Å²) < 4.78 is 19.1. The summed E-state index contributed by atoms with van der Waals surface area (Å²) in [6.07, 6.45) is 1.83. The normalized spacial score (nSPS) is 10.7. The predicted octanol–water partition coefficient (Wildman–Crippen LogP) is 3.44. The molecule has 0 aliphatic rings. The highest BCUT2D eigenvalue weighted by molar-refractivity contribution is 9.10. The molecule has 0 amide bonds. The Morgan fingerprint density at radius 3 is 2.90 bits per heavy atom. The number of rotatable bonds is 6. The maximum Gasteiger partial charge on any atom is 0.303 e. The molecule has 1 aromatic heterocycles. The molecule has 0 aliphatic heterocycles. The Morgan fingerprint density at radius 1 is 1.35 bits per heavy atom. The highest BCUT2D eigenvalue weighted by atomic mass is 79.9. The van der Waals surface area contributed by atoms with Crippen LogP contribution in [-0.4, -0.2) is 21.3 Å². The largest absolute Gasteiger partial charge is 0.481 e. The molecule has 106 valence electrons. The second kappa shape index (κ2) is 6.60. The Labute approximate surface area is 123 Å². The van der Waals surface area contributed by atoms with Gasteiger partial charge in [0.2, 0.25) is 11.8 Å². The van der Waals surface area contributed by atoms with Crippen molar-refractivity contribution >= 4 is 21.9 Å². The van der Waals surface area contributed by atoms with Crippen molar-refractivity contribution in [2.75, 3.05) is 0 Å². The first-order chi connectivity index (χ1) is 9.58. The third-order valence-corrected chi connectivity index (χ3v) is 3.49. The van der Waals surface area contributed by atoms with Gasteiger partial charge in [0.15, 0.2) is 0 Å². The van der Waals surface area contributed by atoms with Gasteiger partial charge in [-0.3, -0.25) is 4.79 Å². The molecule has 0 atom stereocenters. The van der Waals surface area contributed by atoms with Gasteiger partial charge in [0.1, 0.15) is 5.82 Å². The van der Waals surface area contributed by atoms with E-state index in [2.05, 4.69) is 26.1 Å². The van der Waals surface area contributed by atoms with Gasteiger partial charge in [0.25, 0.3) is 0 Å². The van der Waals surface area contributed by atoms with E-state index in [4.69, 9.17) is 9.52 Å². The van der Waals surface area contributed by atoms with Crippen molar-refractivity contribution < 1.29 is 18.7 Å². The highest BCUT2D eigenvalue weighted by Crippen LogP contribution is 2.29. The molecule has 7 heteroatoms. The van der Waals surface area contributed by atoms with Gasteiger partial charge < -0.3 is 9.52 Å². The van der Waals surface area contributed by atoms with Crippen LogP contribution in [0, 0.1) is 5.82 Å². The molecular weight excluding hydrogens is 331 g/mol. The summed E-state index contributed by atoms with van der Waals surface area (Å²) in [6, 6.07) is 4.57. The molecule has 0 fully saturated rings. The van der Waals surface area contributed by atoms with Gasteiger partial charge >= 0.3 is 5.97 Å². The van der Waals surface area contributed by atoms with Crippen LogP contribution in [0.5, 0.6) is 0 Å². The number of halogens is 2. The molecule has 2 rings (SSSR count). The fourth-order valence-corrected chi connectivity index (χ4v) is 2.12. The predicted molar refractivity (Wildman–Crippen MR) is 72.6 cm³/mol. The quantitative estimate of drug-likeness (QED) is 0.813. The Kier molecular flexibility index (Phi) is 4.84. The smallest absolute Gasteiger partial charge is 0.303 e. The summed E-state index contributed by atoms with van der Waals surface area (Å²) in [7, 11) is 0. The van der Waals surface area contributed by atoms with E-state index >= 15 is 0 Å². The zero-order valence-electron chi connectivity index (χ0n) is 10.5. The molecule has 0 saturated carbocycles. The Hall–Kier alpha value is -1.76. The lowest BCUT2D eigenvalue weighted by molar-refractivity contribution is -0.137. The minimum atomic E-state index is -0.820. The van der Waals surface area contributed by atoms with Crippen LogP contribution >= 0.6 is 15.9 Å². The van der Waals surface area contributed by atoms with Crippen LogP contribution in [0.15, 0.2) is 27.1 Å². The highest BCUT2D eigenvalue weighted by Gasteiger charge is 2.14. The van der Waals surface area contributed by atoms with Crippen LogP contribution in [-0.2, 0) is 11.2 Å². The molecule has 20 heavy (non-hydrogen) atoms. The summed E-state index contributed by atoms with van der Waals surface area (Å²) in [6.45, 7) is 0. The van der Waals surface area contributed by atoms with Gasteiger partial charge in [-0.2, -0.15) is 0 Å². The topological polar surface area (TPSA) is 76.2 Å². The first-order valence-corrected chi connectivity index (χ1v) is 6.86. The van der Waals surface area contributed by atoms with Gasteiger partial charge in [-0.25, -0.2) is 4.39 Å². The van der Waals surface area contributed by atoms with Crippen molar-refractivity contribution in [3.8, 4) is 11.5 Å². The summed E-state index contributed by atoms with van der Waals surface area (Å²) in [5.74, 6) is -0.560. The SMILES string of the molecule is O=C(O)CCCCc1nnc(-c2cccc(F)c2Br)o1. The molecule has 1 N–H and O–H groups in total. The van der Waals surface area contributed by atoms with Crippen LogP contribution < -0.4 is 0 Å². The van der Waals surface area contributed by atoms with E-state index in [1.807, 2.05) is 0 Å². The van der Waals surface area contributed by atoms with E-state index in [1.165, 1.54) is 6.07 Å². The summed E-state index contributed by atoms with van der Waals surface area (Å²) >= 11 is 3.14. The molecule has 0 saturated heterocycles. The average Bonchev–Trinajstić information content (AvgIpc) is 2.86. The number of carboxylic acid groups (broad SMARTS) is 1. The molecule has 0 bridgehead atoms. The van der Waals surface area contributed by atoms with E-state index in [0.717, 1.165) is 0 Å². The summed E-state index contributed by atoms with van der Waals surface area (Å²) in [4.78, 5) is 10.4.